The molecule has 0 aromatic rings. The van der Waals surface area contributed by atoms with E-state index >= 15 is 0 Å². The zero-order valence-electron chi connectivity index (χ0n) is 22.5. The van der Waals surface area contributed by atoms with Gasteiger partial charge in [0, 0.05) is 24.6 Å². The van der Waals surface area contributed by atoms with E-state index in [0.717, 1.165) is 13.5 Å². The van der Waals surface area contributed by atoms with Gasteiger partial charge in [-0.1, -0.05) is 6.92 Å². The van der Waals surface area contributed by atoms with Crippen LogP contribution in [0.1, 0.15) is 26.7 Å². The molecule has 0 heterocycles. The smallest absolute Gasteiger partial charge is 0.356 e. The van der Waals surface area contributed by atoms with Gasteiger partial charge in [0.1, 0.15) is 0 Å². The SMILES string of the molecule is CC[N+](C)(C)CCCNC(=O)C(C)CSC(F)CC(F)(F)C(F)(F)C(F)(F)C(F)(F)C(F)(F)C(F)(F)C(F)(F)C(F)(F)F. The van der Waals surface area contributed by atoms with Crippen LogP contribution in [-0.2, 0) is 4.79 Å². The van der Waals surface area contributed by atoms with Crippen molar-refractivity contribution < 1.29 is 88.3 Å². The van der Waals surface area contributed by atoms with Crippen LogP contribution in [0.4, 0.5) is 79.0 Å². The fourth-order valence-electron chi connectivity index (χ4n) is 2.96. The fraction of sp³-hybridized carbons (Fsp3) is 0.952. The molecule has 2 unspecified atom stereocenters. The van der Waals surface area contributed by atoms with E-state index in [-0.39, 0.29) is 6.54 Å². The van der Waals surface area contributed by atoms with Gasteiger partial charge in [-0.05, 0) is 6.92 Å². The van der Waals surface area contributed by atoms with Crippen molar-refractivity contribution >= 4 is 17.7 Å². The van der Waals surface area contributed by atoms with Gasteiger partial charge in [0.25, 0.3) is 0 Å². The number of hydrogen-bond acceptors (Lipinski definition) is 2. The van der Waals surface area contributed by atoms with E-state index in [1.165, 1.54) is 0 Å². The molecule has 0 aromatic carbocycles. The Morgan fingerprint density at radius 2 is 1.12 bits per heavy atom. The van der Waals surface area contributed by atoms with E-state index in [1.807, 2.05) is 21.0 Å². The lowest BCUT2D eigenvalue weighted by molar-refractivity contribution is -0.888. The number of carbonyl (C=O) groups is 1. The summed E-state index contributed by atoms with van der Waals surface area (Å²) in [6, 6.07) is 0. The van der Waals surface area contributed by atoms with Crippen molar-refractivity contribution in [2.24, 2.45) is 5.92 Å². The third-order valence-corrected chi connectivity index (χ3v) is 7.49. The van der Waals surface area contributed by atoms with Crippen LogP contribution in [0.3, 0.4) is 0 Å². The molecule has 0 aliphatic rings. The molecule has 2 atom stereocenters. The Kier molecular flexibility index (Phi) is 12.6. The third-order valence-electron chi connectivity index (χ3n) is 6.27. The second-order valence-corrected chi connectivity index (χ2v) is 11.3. The molecule has 258 valence electrons. The Balaban J connectivity index is 5.74. The van der Waals surface area contributed by atoms with Crippen molar-refractivity contribution in [2.75, 3.05) is 39.5 Å². The number of rotatable bonds is 17. The topological polar surface area (TPSA) is 29.1 Å². The summed E-state index contributed by atoms with van der Waals surface area (Å²) in [6.07, 6.45) is -10.6. The van der Waals surface area contributed by atoms with Crippen LogP contribution in [0.15, 0.2) is 0 Å². The van der Waals surface area contributed by atoms with Crippen molar-refractivity contribution in [2.45, 2.75) is 79.8 Å². The molecule has 0 fully saturated rings. The number of quaternary nitrogens is 1. The van der Waals surface area contributed by atoms with Crippen LogP contribution in [0, 0.1) is 5.92 Å². The van der Waals surface area contributed by atoms with Gasteiger partial charge in [-0.3, -0.25) is 4.79 Å². The zero-order valence-corrected chi connectivity index (χ0v) is 23.3. The molecule has 22 heteroatoms. The van der Waals surface area contributed by atoms with Crippen molar-refractivity contribution in [1.29, 1.82) is 0 Å². The minimum Gasteiger partial charge on any atom is -0.356 e. The number of alkyl halides is 18. The number of hydrogen-bond donors (Lipinski definition) is 1. The van der Waals surface area contributed by atoms with Crippen molar-refractivity contribution in [1.82, 2.24) is 5.32 Å². The first-order chi connectivity index (χ1) is 18.7. The normalized spacial score (nSPS) is 16.7. The third kappa shape index (κ3) is 8.03. The van der Waals surface area contributed by atoms with E-state index in [4.69, 9.17) is 0 Å². The van der Waals surface area contributed by atoms with Crippen LogP contribution in [0.25, 0.3) is 0 Å². The Labute approximate surface area is 237 Å². The fourth-order valence-corrected chi connectivity index (χ4v) is 3.94. The molecule has 0 radical (unpaired) electrons. The summed E-state index contributed by atoms with van der Waals surface area (Å²) in [5.74, 6) is -60.4. The standard InChI is InChI=1S/C21H26F18N2OS/c1-5-41(3,4)8-6-7-40-13(42)11(2)10-43-12(22)9-14(23,24)15(25,26)16(27,28)17(29,30)18(31,32)19(33,34)20(35,36)21(37,38)39/h11-12H,5-10H2,1-4H3/p+1. The highest BCUT2D eigenvalue weighted by Gasteiger charge is 2.95. The molecular weight excluding hydrogens is 670 g/mol. The van der Waals surface area contributed by atoms with Gasteiger partial charge < -0.3 is 9.80 Å². The second-order valence-electron chi connectivity index (χ2n) is 10.1. The Morgan fingerprint density at radius 3 is 1.51 bits per heavy atom. The summed E-state index contributed by atoms with van der Waals surface area (Å²) in [4.78, 5) is 12.0. The second kappa shape index (κ2) is 13.1. The monoisotopic (exact) mass is 697 g/mol. The molecule has 0 rings (SSSR count). The maximum atomic E-state index is 14.0. The summed E-state index contributed by atoms with van der Waals surface area (Å²) in [6.45, 7) is 4.36. The van der Waals surface area contributed by atoms with Gasteiger partial charge in [-0.15, -0.1) is 11.8 Å². The molecule has 3 nitrogen and oxygen atoms in total. The van der Waals surface area contributed by atoms with Crippen molar-refractivity contribution in [3.63, 3.8) is 0 Å². The molecule has 0 saturated heterocycles. The molecule has 0 saturated carbocycles. The number of nitrogens with one attached hydrogen (secondary N) is 1. The lowest BCUT2D eigenvalue weighted by Gasteiger charge is -2.42. The minimum absolute atomic E-state index is 0.0841. The van der Waals surface area contributed by atoms with Crippen LogP contribution < -0.4 is 5.32 Å². The molecule has 0 bridgehead atoms. The van der Waals surface area contributed by atoms with Gasteiger partial charge in [0.05, 0.1) is 33.6 Å². The predicted octanol–water partition coefficient (Wildman–Crippen LogP) is 7.65. The van der Waals surface area contributed by atoms with Gasteiger partial charge in [-0.25, -0.2) is 4.39 Å². The van der Waals surface area contributed by atoms with Crippen molar-refractivity contribution in [3.8, 4) is 0 Å². The summed E-state index contributed by atoms with van der Waals surface area (Å²) in [5, 5.41) is 2.37. The average molecular weight is 697 g/mol. The summed E-state index contributed by atoms with van der Waals surface area (Å²) < 4.78 is 241. The maximum absolute atomic E-state index is 14.0. The van der Waals surface area contributed by atoms with Crippen molar-refractivity contribution in [3.05, 3.63) is 0 Å². The van der Waals surface area contributed by atoms with E-state index in [2.05, 4.69) is 5.32 Å². The first kappa shape index (κ1) is 41.5. The molecule has 0 aliphatic carbocycles. The molecule has 43 heavy (non-hydrogen) atoms. The minimum atomic E-state index is -8.74. The van der Waals surface area contributed by atoms with E-state index < -0.39 is 88.9 Å². The lowest BCUT2D eigenvalue weighted by atomic mass is 9.88. The summed E-state index contributed by atoms with van der Waals surface area (Å²) >= 11 is -0.432. The highest BCUT2D eigenvalue weighted by atomic mass is 32.2. The molecular formula is C21H27F18N2OS+. The van der Waals surface area contributed by atoms with E-state index in [9.17, 15) is 83.8 Å². The van der Waals surface area contributed by atoms with Crippen LogP contribution in [-0.4, -0.2) is 103 Å². The van der Waals surface area contributed by atoms with Crippen LogP contribution in [0.2, 0.25) is 0 Å². The number of halogens is 18. The van der Waals surface area contributed by atoms with Crippen LogP contribution >= 0.6 is 11.8 Å². The largest absolute Gasteiger partial charge is 0.460 e. The van der Waals surface area contributed by atoms with Gasteiger partial charge in [0.15, 0.2) is 5.50 Å². The highest BCUT2D eigenvalue weighted by Crippen LogP contribution is 2.64. The maximum Gasteiger partial charge on any atom is 0.460 e. The van der Waals surface area contributed by atoms with Crippen LogP contribution in [0.5, 0.6) is 0 Å². The number of amides is 1. The van der Waals surface area contributed by atoms with Gasteiger partial charge in [0.2, 0.25) is 5.91 Å². The first-order valence-electron chi connectivity index (χ1n) is 11.8. The van der Waals surface area contributed by atoms with E-state index in [1.54, 1.807) is 0 Å². The molecule has 1 N–H and O–H groups in total. The molecule has 0 spiro atoms. The molecule has 0 aliphatic heterocycles. The molecule has 0 aromatic heterocycles. The first-order valence-corrected chi connectivity index (χ1v) is 12.8. The number of nitrogens with zero attached hydrogens (tertiary/aromatic N) is 1. The summed E-state index contributed by atoms with van der Waals surface area (Å²) in [5.41, 5.74) is -3.43. The highest BCUT2D eigenvalue weighted by molar-refractivity contribution is 7.99. The average Bonchev–Trinajstić information content (AvgIpc) is 2.83. The Morgan fingerprint density at radius 1 is 0.721 bits per heavy atom. The lowest BCUT2D eigenvalue weighted by Crippen LogP contribution is -2.74. The number of thioether (sulfide) groups is 1. The Hall–Kier alpha value is -1.48. The van der Waals surface area contributed by atoms with Gasteiger partial charge >= 0.3 is 47.6 Å². The number of carbonyl (C=O) groups excluding carboxylic acids is 1. The van der Waals surface area contributed by atoms with E-state index in [0.29, 0.717) is 17.4 Å². The zero-order chi connectivity index (χ0) is 34.9. The van der Waals surface area contributed by atoms with Gasteiger partial charge in [-0.2, -0.15) is 74.6 Å². The summed E-state index contributed by atoms with van der Waals surface area (Å²) in [7, 11) is 3.73. The Bertz CT molecular complexity index is 938. The predicted molar refractivity (Wildman–Crippen MR) is 117 cm³/mol. The molecule has 1 amide bonds. The quantitative estimate of drug-likeness (QED) is 0.0962.